The summed E-state index contributed by atoms with van der Waals surface area (Å²) in [5.41, 5.74) is 1.62. The Morgan fingerprint density at radius 3 is 2.69 bits per heavy atom. The van der Waals surface area contributed by atoms with Gasteiger partial charge in [0.05, 0.1) is 0 Å². The van der Waals surface area contributed by atoms with Crippen molar-refractivity contribution in [3.05, 3.63) is 21.9 Å². The zero-order valence-corrected chi connectivity index (χ0v) is 9.95. The predicted octanol–water partition coefficient (Wildman–Crippen LogP) is 4.46. The maximum absolute atomic E-state index is 2.37. The van der Waals surface area contributed by atoms with Crippen molar-refractivity contribution in [2.75, 3.05) is 0 Å². The molecular weight excluding hydrogens is 176 g/mol. The van der Waals surface area contributed by atoms with E-state index in [4.69, 9.17) is 0 Å². The van der Waals surface area contributed by atoms with Gasteiger partial charge >= 0.3 is 0 Å². The molecule has 13 heavy (non-hydrogen) atoms. The van der Waals surface area contributed by atoms with Gasteiger partial charge in [-0.1, -0.05) is 27.7 Å². The van der Waals surface area contributed by atoms with Crippen LogP contribution in [0.2, 0.25) is 0 Å². The monoisotopic (exact) mass is 196 g/mol. The Kier molecular flexibility index (Phi) is 3.98. The van der Waals surface area contributed by atoms with E-state index < -0.39 is 0 Å². The van der Waals surface area contributed by atoms with Gasteiger partial charge in [-0.25, -0.2) is 0 Å². The smallest absolute Gasteiger partial charge is 0.00801 e. The minimum absolute atomic E-state index is 0.796. The minimum Gasteiger partial charge on any atom is -0.149 e. The molecule has 0 fully saturated rings. The molecule has 74 valence electrons. The van der Waals surface area contributed by atoms with Gasteiger partial charge in [-0.15, -0.1) is 11.3 Å². The zero-order valence-electron chi connectivity index (χ0n) is 9.13. The van der Waals surface area contributed by atoms with Gasteiger partial charge in [0.25, 0.3) is 0 Å². The van der Waals surface area contributed by atoms with E-state index in [-0.39, 0.29) is 0 Å². The summed E-state index contributed by atoms with van der Waals surface area (Å²) in [5.74, 6) is 1.68. The van der Waals surface area contributed by atoms with Crippen molar-refractivity contribution in [3.8, 4) is 0 Å². The minimum atomic E-state index is 0.796. The van der Waals surface area contributed by atoms with Crippen molar-refractivity contribution in [1.82, 2.24) is 0 Å². The summed E-state index contributed by atoms with van der Waals surface area (Å²) in [6.07, 6.45) is 2.70. The van der Waals surface area contributed by atoms with Crippen molar-refractivity contribution >= 4 is 11.3 Å². The van der Waals surface area contributed by atoms with Crippen LogP contribution in [-0.2, 0) is 6.42 Å². The van der Waals surface area contributed by atoms with Crippen LogP contribution in [0.15, 0.2) is 11.4 Å². The Labute approximate surface area is 86.0 Å². The lowest BCUT2D eigenvalue weighted by Gasteiger charge is -2.25. The van der Waals surface area contributed by atoms with Crippen molar-refractivity contribution in [2.45, 2.75) is 46.5 Å². The van der Waals surface area contributed by atoms with Crippen LogP contribution in [0.5, 0.6) is 0 Å². The van der Waals surface area contributed by atoms with Gasteiger partial charge in [0.1, 0.15) is 0 Å². The van der Waals surface area contributed by atoms with Crippen LogP contribution >= 0.6 is 11.3 Å². The second kappa shape index (κ2) is 4.80. The highest BCUT2D eigenvalue weighted by Crippen LogP contribution is 2.37. The lowest BCUT2D eigenvalue weighted by atomic mass is 9.81. The molecule has 0 aliphatic heterocycles. The van der Waals surface area contributed by atoms with E-state index in [0.29, 0.717) is 0 Å². The number of aryl methyl sites for hydroxylation is 1. The summed E-state index contributed by atoms with van der Waals surface area (Å²) in [4.78, 5) is 1.63. The molecule has 0 aromatic carbocycles. The molecular formula is C12H20S. The normalized spacial score (nSPS) is 25.8. The summed E-state index contributed by atoms with van der Waals surface area (Å²) in [5, 5.41) is 2.24. The van der Waals surface area contributed by atoms with E-state index >= 15 is 0 Å². The molecule has 1 heteroatoms. The van der Waals surface area contributed by atoms with Crippen LogP contribution in [0.3, 0.4) is 0 Å². The van der Waals surface area contributed by atoms with Gasteiger partial charge < -0.3 is 0 Å². The third kappa shape index (κ3) is 2.14. The molecule has 1 heterocycles. The fourth-order valence-electron chi connectivity index (χ4n) is 1.87. The summed E-state index contributed by atoms with van der Waals surface area (Å²) in [6.45, 7) is 8.72. The molecule has 0 amide bonds. The third-order valence-electron chi connectivity index (χ3n) is 2.95. The van der Waals surface area contributed by atoms with Crippen LogP contribution in [0.25, 0.3) is 0 Å². The van der Waals surface area contributed by atoms with Gasteiger partial charge in [-0.3, -0.25) is 0 Å². The summed E-state index contributed by atoms with van der Waals surface area (Å²) < 4.78 is 0. The van der Waals surface area contributed by atoms with Gasteiger partial charge in [-0.05, 0) is 41.7 Å². The molecule has 0 N–H and O–H groups in total. The van der Waals surface area contributed by atoms with Crippen LogP contribution in [-0.4, -0.2) is 0 Å². The first kappa shape index (κ1) is 10.8. The Morgan fingerprint density at radius 1 is 1.31 bits per heavy atom. The van der Waals surface area contributed by atoms with Crippen LogP contribution < -0.4 is 0 Å². The Bertz CT molecular complexity index is 249. The largest absolute Gasteiger partial charge is 0.149 e. The summed E-state index contributed by atoms with van der Waals surface area (Å²) >= 11 is 1.93. The Morgan fingerprint density at radius 2 is 2.00 bits per heavy atom. The molecule has 0 saturated heterocycles. The Balaban J connectivity index is 0.000000396. The first-order chi connectivity index (χ1) is 6.29. The lowest BCUT2D eigenvalue weighted by Crippen LogP contribution is -2.13. The van der Waals surface area contributed by atoms with Crippen molar-refractivity contribution in [3.63, 3.8) is 0 Å². The lowest BCUT2D eigenvalue weighted by molar-refractivity contribution is 0.430. The van der Waals surface area contributed by atoms with E-state index in [0.717, 1.165) is 11.8 Å². The van der Waals surface area contributed by atoms with Crippen molar-refractivity contribution in [1.29, 1.82) is 0 Å². The first-order valence-corrected chi connectivity index (χ1v) is 6.23. The topological polar surface area (TPSA) is 0 Å². The number of hydrogen-bond donors (Lipinski definition) is 0. The molecule has 0 nitrogen and oxygen atoms in total. The average Bonchev–Trinajstić information content (AvgIpc) is 2.63. The molecule has 2 rings (SSSR count). The third-order valence-corrected chi connectivity index (χ3v) is 3.95. The molecule has 0 spiro atoms. The van der Waals surface area contributed by atoms with Crippen molar-refractivity contribution in [2.24, 2.45) is 5.92 Å². The van der Waals surface area contributed by atoms with Crippen LogP contribution in [0.1, 0.15) is 50.5 Å². The van der Waals surface area contributed by atoms with Gasteiger partial charge in [0.2, 0.25) is 0 Å². The van der Waals surface area contributed by atoms with E-state index in [1.807, 2.05) is 25.2 Å². The van der Waals surface area contributed by atoms with Gasteiger partial charge in [0.15, 0.2) is 0 Å². The van der Waals surface area contributed by atoms with Crippen molar-refractivity contribution < 1.29 is 0 Å². The summed E-state index contributed by atoms with van der Waals surface area (Å²) in [6, 6.07) is 2.31. The van der Waals surface area contributed by atoms with E-state index in [1.165, 1.54) is 12.8 Å². The fraction of sp³-hybridized carbons (Fsp3) is 0.667. The molecule has 0 saturated carbocycles. The second-order valence-corrected chi connectivity index (χ2v) is 4.60. The highest BCUT2D eigenvalue weighted by Gasteiger charge is 2.22. The first-order valence-electron chi connectivity index (χ1n) is 5.35. The number of rotatable bonds is 0. The fourth-order valence-corrected chi connectivity index (χ4v) is 2.88. The van der Waals surface area contributed by atoms with Crippen LogP contribution in [0.4, 0.5) is 0 Å². The van der Waals surface area contributed by atoms with E-state index in [9.17, 15) is 0 Å². The molecule has 1 aromatic rings. The highest BCUT2D eigenvalue weighted by atomic mass is 32.1. The molecule has 1 aromatic heterocycles. The maximum Gasteiger partial charge on any atom is 0.00801 e. The van der Waals surface area contributed by atoms with E-state index in [1.54, 1.807) is 10.4 Å². The molecule has 1 aliphatic carbocycles. The van der Waals surface area contributed by atoms with Gasteiger partial charge in [0, 0.05) is 4.88 Å². The number of thiophene rings is 1. The summed E-state index contributed by atoms with van der Waals surface area (Å²) in [7, 11) is 0. The van der Waals surface area contributed by atoms with Crippen LogP contribution in [0, 0.1) is 5.92 Å². The highest BCUT2D eigenvalue weighted by molar-refractivity contribution is 7.10. The molecule has 2 unspecified atom stereocenters. The quantitative estimate of drug-likeness (QED) is 0.574. The predicted molar refractivity (Wildman–Crippen MR) is 61.6 cm³/mol. The molecule has 2 atom stereocenters. The second-order valence-electron chi connectivity index (χ2n) is 3.60. The Hall–Kier alpha value is -0.300. The van der Waals surface area contributed by atoms with Gasteiger partial charge in [-0.2, -0.15) is 0 Å². The standard InChI is InChI=1S/C10H14S.C2H6/c1-7-3-4-10-9(8(7)2)5-6-11-10;1-2/h5-8H,3-4H2,1-2H3;1-2H3. The number of hydrogen-bond acceptors (Lipinski definition) is 1. The SMILES string of the molecule is CC.CC1CCc2sccc2C1C. The molecule has 1 aliphatic rings. The van der Waals surface area contributed by atoms with E-state index in [2.05, 4.69) is 25.3 Å². The molecule has 0 radical (unpaired) electrons. The number of fused-ring (bicyclic) bond motifs is 1. The zero-order chi connectivity index (χ0) is 9.84. The molecule has 0 bridgehead atoms. The average molecular weight is 196 g/mol. The maximum atomic E-state index is 2.37.